The zero-order chi connectivity index (χ0) is 24.5. The van der Waals surface area contributed by atoms with Crippen molar-refractivity contribution in [1.29, 1.82) is 0 Å². The van der Waals surface area contributed by atoms with Crippen LogP contribution in [0.3, 0.4) is 0 Å². The Hall–Kier alpha value is -3.98. The minimum Gasteiger partial charge on any atom is -0.494 e. The summed E-state index contributed by atoms with van der Waals surface area (Å²) in [6.45, 7) is 1.28. The SMILES string of the molecule is COc1ccc([C@H](c2nc(NC3CCOC3)cc3cc(C(N)=O)ccc23)c2ccnn2C)cc1F. The number of nitrogens with two attached hydrogens (primary N) is 1. The van der Waals surface area contributed by atoms with E-state index >= 15 is 0 Å². The smallest absolute Gasteiger partial charge is 0.248 e. The fourth-order valence-corrected chi connectivity index (χ4v) is 4.59. The Bertz CT molecular complexity index is 1400. The molecule has 5 rings (SSSR count). The molecular weight excluding hydrogens is 449 g/mol. The van der Waals surface area contributed by atoms with Crippen molar-refractivity contribution in [3.8, 4) is 5.75 Å². The predicted octanol–water partition coefficient (Wildman–Crippen LogP) is 3.60. The van der Waals surface area contributed by atoms with Gasteiger partial charge in [0.25, 0.3) is 0 Å². The number of pyridine rings is 1. The first kappa shape index (κ1) is 22.8. The topological polar surface area (TPSA) is 104 Å². The highest BCUT2D eigenvalue weighted by Gasteiger charge is 2.26. The fraction of sp³-hybridized carbons (Fsp3) is 0.269. The molecule has 9 heteroatoms. The Labute approximate surface area is 201 Å². The van der Waals surface area contributed by atoms with Gasteiger partial charge in [-0.15, -0.1) is 0 Å². The van der Waals surface area contributed by atoms with Gasteiger partial charge in [0.1, 0.15) is 5.82 Å². The predicted molar refractivity (Wildman–Crippen MR) is 130 cm³/mol. The van der Waals surface area contributed by atoms with Crippen LogP contribution in [0.25, 0.3) is 10.8 Å². The number of nitrogens with one attached hydrogen (secondary N) is 1. The molecule has 4 aromatic rings. The highest BCUT2D eigenvalue weighted by atomic mass is 19.1. The Balaban J connectivity index is 1.74. The van der Waals surface area contributed by atoms with E-state index in [2.05, 4.69) is 10.4 Å². The molecule has 35 heavy (non-hydrogen) atoms. The third kappa shape index (κ3) is 4.42. The summed E-state index contributed by atoms with van der Waals surface area (Å²) in [5, 5.41) is 9.42. The van der Waals surface area contributed by atoms with Crippen LogP contribution in [-0.2, 0) is 11.8 Å². The van der Waals surface area contributed by atoms with Crippen molar-refractivity contribution in [1.82, 2.24) is 14.8 Å². The van der Waals surface area contributed by atoms with E-state index in [1.54, 1.807) is 29.1 Å². The number of amides is 1. The number of benzene rings is 2. The van der Waals surface area contributed by atoms with Crippen molar-refractivity contribution in [2.24, 2.45) is 12.8 Å². The van der Waals surface area contributed by atoms with E-state index in [1.807, 2.05) is 31.3 Å². The molecule has 3 N–H and O–H groups in total. The summed E-state index contributed by atoms with van der Waals surface area (Å²) in [5.74, 6) is -0.602. The lowest BCUT2D eigenvalue weighted by atomic mass is 9.88. The summed E-state index contributed by atoms with van der Waals surface area (Å²) in [6, 6.07) is 14.1. The van der Waals surface area contributed by atoms with Crippen molar-refractivity contribution in [3.05, 3.63) is 83.1 Å². The number of aryl methyl sites for hydroxylation is 1. The van der Waals surface area contributed by atoms with E-state index in [-0.39, 0.29) is 11.8 Å². The number of ether oxygens (including phenoxy) is 2. The number of carbonyl (C=O) groups excluding carboxylic acids is 1. The molecule has 2 aromatic carbocycles. The van der Waals surface area contributed by atoms with Gasteiger partial charge < -0.3 is 20.5 Å². The number of hydrogen-bond acceptors (Lipinski definition) is 6. The van der Waals surface area contributed by atoms with Gasteiger partial charge in [0.2, 0.25) is 5.91 Å². The van der Waals surface area contributed by atoms with Gasteiger partial charge in [-0.3, -0.25) is 9.48 Å². The number of rotatable bonds is 7. The summed E-state index contributed by atoms with van der Waals surface area (Å²) in [5.41, 5.74) is 8.19. The lowest BCUT2D eigenvalue weighted by Crippen LogP contribution is -2.21. The minimum absolute atomic E-state index is 0.126. The molecule has 1 unspecified atom stereocenters. The molecule has 180 valence electrons. The van der Waals surface area contributed by atoms with E-state index in [0.717, 1.165) is 22.9 Å². The fourth-order valence-electron chi connectivity index (χ4n) is 4.59. The molecule has 0 bridgehead atoms. The number of fused-ring (bicyclic) bond motifs is 1. The number of methoxy groups -OCH3 is 1. The maximum Gasteiger partial charge on any atom is 0.248 e. The molecule has 1 saturated heterocycles. The summed E-state index contributed by atoms with van der Waals surface area (Å²) in [7, 11) is 3.28. The monoisotopic (exact) mass is 475 g/mol. The normalized spacial score (nSPS) is 16.4. The van der Waals surface area contributed by atoms with Gasteiger partial charge in [0.05, 0.1) is 37.1 Å². The van der Waals surface area contributed by atoms with E-state index < -0.39 is 17.6 Å². The first-order chi connectivity index (χ1) is 16.9. The second-order valence-corrected chi connectivity index (χ2v) is 8.60. The van der Waals surface area contributed by atoms with E-state index in [0.29, 0.717) is 35.9 Å². The van der Waals surface area contributed by atoms with Crippen molar-refractivity contribution >= 4 is 22.5 Å². The summed E-state index contributed by atoms with van der Waals surface area (Å²) < 4.78 is 27.2. The van der Waals surface area contributed by atoms with Crippen LogP contribution in [0.15, 0.2) is 54.7 Å². The van der Waals surface area contributed by atoms with Gasteiger partial charge in [-0.1, -0.05) is 12.1 Å². The Morgan fingerprint density at radius 3 is 2.77 bits per heavy atom. The Morgan fingerprint density at radius 2 is 2.11 bits per heavy atom. The quantitative estimate of drug-likeness (QED) is 0.423. The van der Waals surface area contributed by atoms with Crippen molar-refractivity contribution < 1.29 is 18.7 Å². The third-order valence-corrected chi connectivity index (χ3v) is 6.36. The van der Waals surface area contributed by atoms with Gasteiger partial charge in [0.15, 0.2) is 11.6 Å². The second-order valence-electron chi connectivity index (χ2n) is 8.60. The zero-order valence-corrected chi connectivity index (χ0v) is 19.5. The van der Waals surface area contributed by atoms with Crippen molar-refractivity contribution in [3.63, 3.8) is 0 Å². The highest BCUT2D eigenvalue weighted by molar-refractivity contribution is 5.99. The third-order valence-electron chi connectivity index (χ3n) is 6.36. The van der Waals surface area contributed by atoms with Crippen LogP contribution < -0.4 is 15.8 Å². The molecule has 0 saturated carbocycles. The lowest BCUT2D eigenvalue weighted by Gasteiger charge is -2.22. The molecule has 2 aromatic heterocycles. The van der Waals surface area contributed by atoms with Gasteiger partial charge >= 0.3 is 0 Å². The standard InChI is InChI=1S/C26H26FN5O3/c1-32-21(7-9-29-32)24(15-4-6-22(34-2)20(27)12-15)25-19-5-3-16(26(28)33)11-17(19)13-23(31-25)30-18-8-10-35-14-18/h3-7,9,11-13,18,24H,8,10,14H2,1-2H3,(H2,28,33)(H,30,31)/t18?,24-/m0/s1. The average molecular weight is 476 g/mol. The molecule has 0 spiro atoms. The van der Waals surface area contributed by atoms with Gasteiger partial charge in [0, 0.05) is 30.8 Å². The first-order valence-corrected chi connectivity index (χ1v) is 11.3. The molecule has 1 amide bonds. The van der Waals surface area contributed by atoms with Gasteiger partial charge in [-0.2, -0.15) is 5.10 Å². The van der Waals surface area contributed by atoms with Crippen LogP contribution in [0.1, 0.15) is 39.6 Å². The largest absolute Gasteiger partial charge is 0.494 e. The molecule has 1 aliphatic rings. The summed E-state index contributed by atoms with van der Waals surface area (Å²) in [6.07, 6.45) is 2.57. The molecule has 8 nitrogen and oxygen atoms in total. The number of anilines is 1. The van der Waals surface area contributed by atoms with Crippen molar-refractivity contribution in [2.75, 3.05) is 25.6 Å². The van der Waals surface area contributed by atoms with Crippen LogP contribution >= 0.6 is 0 Å². The number of aromatic nitrogens is 3. The molecule has 1 fully saturated rings. The maximum atomic E-state index is 14.8. The van der Waals surface area contributed by atoms with Gasteiger partial charge in [-0.05, 0) is 53.8 Å². The summed E-state index contributed by atoms with van der Waals surface area (Å²) in [4.78, 5) is 16.9. The molecule has 1 aliphatic heterocycles. The number of primary amides is 1. The van der Waals surface area contributed by atoms with Crippen LogP contribution in [0.5, 0.6) is 5.75 Å². The molecule has 0 radical (unpaired) electrons. The molecule has 3 heterocycles. The number of halogens is 1. The van der Waals surface area contributed by atoms with E-state index in [1.165, 1.54) is 13.2 Å². The first-order valence-electron chi connectivity index (χ1n) is 11.3. The molecule has 0 aliphatic carbocycles. The van der Waals surface area contributed by atoms with E-state index in [9.17, 15) is 9.18 Å². The van der Waals surface area contributed by atoms with Crippen LogP contribution in [0.4, 0.5) is 10.2 Å². The van der Waals surface area contributed by atoms with Crippen LogP contribution in [0.2, 0.25) is 0 Å². The van der Waals surface area contributed by atoms with Gasteiger partial charge in [-0.25, -0.2) is 9.37 Å². The second kappa shape index (κ2) is 9.34. The molecular formula is C26H26FN5O3. The van der Waals surface area contributed by atoms with Crippen molar-refractivity contribution in [2.45, 2.75) is 18.4 Å². The maximum absolute atomic E-state index is 14.8. The Morgan fingerprint density at radius 1 is 1.26 bits per heavy atom. The highest BCUT2D eigenvalue weighted by Crippen LogP contribution is 2.37. The van der Waals surface area contributed by atoms with Crippen LogP contribution in [0, 0.1) is 5.82 Å². The van der Waals surface area contributed by atoms with Crippen LogP contribution in [-0.4, -0.2) is 47.0 Å². The number of nitrogens with zero attached hydrogens (tertiary/aromatic N) is 3. The zero-order valence-electron chi connectivity index (χ0n) is 19.5. The average Bonchev–Trinajstić information content (AvgIpc) is 3.51. The molecule has 2 atom stereocenters. The minimum atomic E-state index is -0.510. The number of hydrogen-bond donors (Lipinski definition) is 2. The number of carbonyl (C=O) groups is 1. The van der Waals surface area contributed by atoms with E-state index in [4.69, 9.17) is 20.2 Å². The summed E-state index contributed by atoms with van der Waals surface area (Å²) >= 11 is 0. The Kier molecular flexibility index (Phi) is 6.08. The lowest BCUT2D eigenvalue weighted by molar-refractivity contribution is 0.100.